The third kappa shape index (κ3) is 5.72. The first-order valence-corrected chi connectivity index (χ1v) is 6.50. The number of hydrogen-bond acceptors (Lipinski definition) is 4. The first-order valence-electron chi connectivity index (χ1n) is 6.50. The Kier molecular flexibility index (Phi) is 6.94. The summed E-state index contributed by atoms with van der Waals surface area (Å²) >= 11 is 0. The molecule has 1 aromatic heterocycles. The molecule has 100 valence electrons. The summed E-state index contributed by atoms with van der Waals surface area (Å²) in [6.45, 7) is 5.34. The molecule has 0 aliphatic heterocycles. The lowest BCUT2D eigenvalue weighted by Gasteiger charge is -2.13. The average molecular weight is 250 g/mol. The summed E-state index contributed by atoms with van der Waals surface area (Å²) < 4.78 is 0. The lowest BCUT2D eigenvalue weighted by atomic mass is 10.2. The standard InChI is InChI=1S/C13H22N4O/c1-3-4-5-7-15-13(18)11(2)16-9-12-6-8-14-10-17-12/h6,8,10-11,16H,3-5,7,9H2,1-2H3,(H,15,18). The van der Waals surface area contributed by atoms with Crippen LogP contribution in [0.4, 0.5) is 0 Å². The molecular weight excluding hydrogens is 228 g/mol. The number of amides is 1. The molecule has 5 nitrogen and oxygen atoms in total. The Morgan fingerprint density at radius 2 is 2.28 bits per heavy atom. The van der Waals surface area contributed by atoms with Crippen molar-refractivity contribution in [2.45, 2.75) is 45.7 Å². The summed E-state index contributed by atoms with van der Waals surface area (Å²) in [6.07, 6.45) is 6.56. The second-order valence-electron chi connectivity index (χ2n) is 4.30. The molecular formula is C13H22N4O. The normalized spacial score (nSPS) is 12.1. The van der Waals surface area contributed by atoms with Gasteiger partial charge in [0.15, 0.2) is 0 Å². The van der Waals surface area contributed by atoms with Gasteiger partial charge in [0.25, 0.3) is 0 Å². The molecule has 1 heterocycles. The number of carbonyl (C=O) groups excluding carboxylic acids is 1. The van der Waals surface area contributed by atoms with Crippen LogP contribution in [0.3, 0.4) is 0 Å². The van der Waals surface area contributed by atoms with Crippen molar-refractivity contribution in [2.24, 2.45) is 0 Å². The summed E-state index contributed by atoms with van der Waals surface area (Å²) in [7, 11) is 0. The monoisotopic (exact) mass is 250 g/mol. The number of nitrogens with zero attached hydrogens (tertiary/aromatic N) is 2. The van der Waals surface area contributed by atoms with Gasteiger partial charge in [0.1, 0.15) is 6.33 Å². The number of unbranched alkanes of at least 4 members (excludes halogenated alkanes) is 2. The van der Waals surface area contributed by atoms with Crippen LogP contribution in [0.15, 0.2) is 18.6 Å². The van der Waals surface area contributed by atoms with Crippen LogP contribution in [0.2, 0.25) is 0 Å². The third-order valence-corrected chi connectivity index (χ3v) is 2.71. The van der Waals surface area contributed by atoms with Crippen LogP contribution in [0.1, 0.15) is 38.8 Å². The maximum Gasteiger partial charge on any atom is 0.236 e. The molecule has 0 radical (unpaired) electrons. The molecule has 0 bridgehead atoms. The predicted molar refractivity (Wildman–Crippen MR) is 70.9 cm³/mol. The zero-order valence-electron chi connectivity index (χ0n) is 11.1. The van der Waals surface area contributed by atoms with Crippen LogP contribution in [-0.2, 0) is 11.3 Å². The molecule has 0 saturated carbocycles. The molecule has 1 unspecified atom stereocenters. The molecule has 1 rings (SSSR count). The third-order valence-electron chi connectivity index (χ3n) is 2.71. The highest BCUT2D eigenvalue weighted by Crippen LogP contribution is 1.94. The molecule has 1 aromatic rings. The molecule has 0 spiro atoms. The smallest absolute Gasteiger partial charge is 0.236 e. The van der Waals surface area contributed by atoms with Crippen LogP contribution in [0.5, 0.6) is 0 Å². The lowest BCUT2D eigenvalue weighted by molar-refractivity contribution is -0.122. The van der Waals surface area contributed by atoms with E-state index in [9.17, 15) is 4.79 Å². The number of hydrogen-bond donors (Lipinski definition) is 2. The molecule has 1 atom stereocenters. The number of aromatic nitrogens is 2. The van der Waals surface area contributed by atoms with Crippen molar-refractivity contribution in [3.63, 3.8) is 0 Å². The highest BCUT2D eigenvalue weighted by Gasteiger charge is 2.11. The Bertz CT molecular complexity index is 342. The van der Waals surface area contributed by atoms with Crippen molar-refractivity contribution in [2.75, 3.05) is 6.54 Å². The van der Waals surface area contributed by atoms with E-state index in [1.807, 2.05) is 13.0 Å². The van der Waals surface area contributed by atoms with E-state index in [-0.39, 0.29) is 11.9 Å². The number of rotatable bonds is 8. The minimum atomic E-state index is -0.207. The molecule has 0 aliphatic rings. The van der Waals surface area contributed by atoms with Gasteiger partial charge in [0, 0.05) is 19.3 Å². The van der Waals surface area contributed by atoms with Crippen LogP contribution in [0.25, 0.3) is 0 Å². The summed E-state index contributed by atoms with van der Waals surface area (Å²) in [5, 5.41) is 6.06. The van der Waals surface area contributed by atoms with Gasteiger partial charge in [-0.3, -0.25) is 4.79 Å². The van der Waals surface area contributed by atoms with E-state index in [4.69, 9.17) is 0 Å². The van der Waals surface area contributed by atoms with E-state index in [2.05, 4.69) is 27.5 Å². The number of carbonyl (C=O) groups is 1. The Morgan fingerprint density at radius 3 is 2.94 bits per heavy atom. The zero-order chi connectivity index (χ0) is 13.2. The van der Waals surface area contributed by atoms with Crippen molar-refractivity contribution < 1.29 is 4.79 Å². The van der Waals surface area contributed by atoms with E-state index < -0.39 is 0 Å². The first-order chi connectivity index (χ1) is 8.74. The Hall–Kier alpha value is -1.49. The van der Waals surface area contributed by atoms with Crippen molar-refractivity contribution >= 4 is 5.91 Å². The zero-order valence-corrected chi connectivity index (χ0v) is 11.1. The fourth-order valence-electron chi connectivity index (χ4n) is 1.51. The topological polar surface area (TPSA) is 66.9 Å². The number of nitrogens with one attached hydrogen (secondary N) is 2. The molecule has 0 aromatic carbocycles. The SMILES string of the molecule is CCCCCNC(=O)C(C)NCc1ccncn1. The largest absolute Gasteiger partial charge is 0.355 e. The minimum absolute atomic E-state index is 0.0418. The molecule has 1 amide bonds. The fraction of sp³-hybridized carbons (Fsp3) is 0.615. The van der Waals surface area contributed by atoms with Gasteiger partial charge in [0.05, 0.1) is 11.7 Å². The van der Waals surface area contributed by atoms with Gasteiger partial charge in [-0.15, -0.1) is 0 Å². The van der Waals surface area contributed by atoms with Crippen molar-refractivity contribution in [1.29, 1.82) is 0 Å². The van der Waals surface area contributed by atoms with Crippen molar-refractivity contribution in [1.82, 2.24) is 20.6 Å². The van der Waals surface area contributed by atoms with Crippen molar-refractivity contribution in [3.05, 3.63) is 24.3 Å². The fourth-order valence-corrected chi connectivity index (χ4v) is 1.51. The summed E-state index contributed by atoms with van der Waals surface area (Å²) in [6, 6.07) is 1.63. The first kappa shape index (κ1) is 14.6. The Labute approximate surface area is 108 Å². The maximum atomic E-state index is 11.7. The summed E-state index contributed by atoms with van der Waals surface area (Å²) in [5.41, 5.74) is 0.885. The quantitative estimate of drug-likeness (QED) is 0.682. The Balaban J connectivity index is 2.19. The van der Waals surface area contributed by atoms with E-state index >= 15 is 0 Å². The van der Waals surface area contributed by atoms with Crippen LogP contribution in [-0.4, -0.2) is 28.5 Å². The van der Waals surface area contributed by atoms with Gasteiger partial charge in [0.2, 0.25) is 5.91 Å². The molecule has 0 fully saturated rings. The highest BCUT2D eigenvalue weighted by atomic mass is 16.2. The minimum Gasteiger partial charge on any atom is -0.355 e. The Morgan fingerprint density at radius 1 is 1.44 bits per heavy atom. The van der Waals surface area contributed by atoms with Crippen LogP contribution in [0, 0.1) is 0 Å². The maximum absolute atomic E-state index is 11.7. The molecule has 5 heteroatoms. The van der Waals surface area contributed by atoms with Crippen molar-refractivity contribution in [3.8, 4) is 0 Å². The second kappa shape index (κ2) is 8.58. The van der Waals surface area contributed by atoms with Crippen LogP contribution >= 0.6 is 0 Å². The highest BCUT2D eigenvalue weighted by molar-refractivity contribution is 5.81. The van der Waals surface area contributed by atoms with E-state index in [1.165, 1.54) is 6.33 Å². The van der Waals surface area contributed by atoms with Gasteiger partial charge < -0.3 is 10.6 Å². The molecule has 0 saturated heterocycles. The van der Waals surface area contributed by atoms with Gasteiger partial charge >= 0.3 is 0 Å². The second-order valence-corrected chi connectivity index (χ2v) is 4.30. The van der Waals surface area contributed by atoms with Crippen LogP contribution < -0.4 is 10.6 Å². The van der Waals surface area contributed by atoms with Gasteiger partial charge in [-0.1, -0.05) is 19.8 Å². The summed E-state index contributed by atoms with van der Waals surface area (Å²) in [5.74, 6) is 0.0418. The molecule has 0 aliphatic carbocycles. The lowest BCUT2D eigenvalue weighted by Crippen LogP contribution is -2.42. The summed E-state index contributed by atoms with van der Waals surface area (Å²) in [4.78, 5) is 19.7. The van der Waals surface area contributed by atoms with Gasteiger partial charge in [-0.25, -0.2) is 9.97 Å². The van der Waals surface area contributed by atoms with E-state index in [0.29, 0.717) is 6.54 Å². The van der Waals surface area contributed by atoms with Gasteiger partial charge in [-0.05, 0) is 19.4 Å². The predicted octanol–water partition coefficient (Wildman–Crippen LogP) is 1.26. The average Bonchev–Trinajstić information content (AvgIpc) is 2.42. The molecule has 18 heavy (non-hydrogen) atoms. The van der Waals surface area contributed by atoms with E-state index in [0.717, 1.165) is 31.5 Å². The van der Waals surface area contributed by atoms with Gasteiger partial charge in [-0.2, -0.15) is 0 Å². The molecule has 2 N–H and O–H groups in total. The van der Waals surface area contributed by atoms with E-state index in [1.54, 1.807) is 6.20 Å².